The molecule has 2 heterocycles. The van der Waals surface area contributed by atoms with Crippen molar-refractivity contribution >= 4 is 28.6 Å². The van der Waals surface area contributed by atoms with Crippen LogP contribution in [0.1, 0.15) is 41.3 Å². The van der Waals surface area contributed by atoms with Crippen LogP contribution in [0.4, 0.5) is 5.69 Å². The zero-order valence-corrected chi connectivity index (χ0v) is 19.7. The van der Waals surface area contributed by atoms with Crippen LogP contribution in [0.15, 0.2) is 94.3 Å². The van der Waals surface area contributed by atoms with Gasteiger partial charge in [-0.05, 0) is 58.3 Å². The second-order valence-electron chi connectivity index (χ2n) is 8.25. The number of thiophene rings is 1. The number of hydrogen-bond donors (Lipinski definition) is 1. The Kier molecular flexibility index (Phi) is 5.80. The minimum absolute atomic E-state index is 0.422. The van der Waals surface area contributed by atoms with E-state index in [-0.39, 0.29) is 0 Å². The summed E-state index contributed by atoms with van der Waals surface area (Å²) in [6.07, 6.45) is 0. The standard InChI is InChI=1S/C28H25N3OS/c1-18(2)22-12-15-25-24(17-22)27(30-31-28(29-25)26-5-4-16-33-26)21-8-6-19(7-9-21)20-10-13-23(32-3)14-11-20/h4-18H,1-3H3,(H,29,31). The molecule has 0 atom stereocenters. The van der Waals surface area contributed by atoms with Gasteiger partial charge in [0.1, 0.15) is 5.75 Å². The van der Waals surface area contributed by atoms with E-state index in [0.29, 0.717) is 5.92 Å². The molecule has 1 N–H and O–H groups in total. The van der Waals surface area contributed by atoms with Crippen LogP contribution in [-0.4, -0.2) is 18.7 Å². The Hall–Kier alpha value is -3.70. The van der Waals surface area contributed by atoms with Gasteiger partial charge in [-0.2, -0.15) is 5.10 Å². The van der Waals surface area contributed by atoms with Gasteiger partial charge in [-0.3, -0.25) is 5.43 Å². The lowest BCUT2D eigenvalue weighted by Gasteiger charge is -2.12. The van der Waals surface area contributed by atoms with Crippen LogP contribution < -0.4 is 10.2 Å². The fourth-order valence-corrected chi connectivity index (χ4v) is 4.53. The Bertz CT molecular complexity index is 1320. The molecule has 1 aliphatic heterocycles. The number of nitrogens with one attached hydrogen (secondary N) is 1. The third-order valence-electron chi connectivity index (χ3n) is 5.78. The minimum Gasteiger partial charge on any atom is -0.497 e. The molecule has 0 fully saturated rings. The smallest absolute Gasteiger partial charge is 0.164 e. The summed E-state index contributed by atoms with van der Waals surface area (Å²) in [5, 5.41) is 6.88. The maximum atomic E-state index is 5.28. The SMILES string of the molecule is COc1ccc(-c2ccc(C3=NNC(c4cccs4)=Nc4ccc(C(C)C)cc43)cc2)cc1. The molecule has 5 rings (SSSR count). The molecule has 0 saturated heterocycles. The molecular formula is C28H25N3OS. The average molecular weight is 452 g/mol. The highest BCUT2D eigenvalue weighted by atomic mass is 32.1. The van der Waals surface area contributed by atoms with Crippen LogP contribution in [0.3, 0.4) is 0 Å². The molecule has 33 heavy (non-hydrogen) atoms. The van der Waals surface area contributed by atoms with E-state index < -0.39 is 0 Å². The first-order chi connectivity index (χ1) is 16.1. The highest BCUT2D eigenvalue weighted by Crippen LogP contribution is 2.31. The molecule has 4 nitrogen and oxygen atoms in total. The molecule has 0 spiro atoms. The van der Waals surface area contributed by atoms with Crippen LogP contribution in [0.2, 0.25) is 0 Å². The number of rotatable bonds is 5. The fraction of sp³-hybridized carbons (Fsp3) is 0.143. The van der Waals surface area contributed by atoms with Gasteiger partial charge < -0.3 is 4.74 Å². The summed E-state index contributed by atoms with van der Waals surface area (Å²) in [5.74, 6) is 2.05. The molecule has 0 amide bonds. The predicted molar refractivity (Wildman–Crippen MR) is 138 cm³/mol. The number of hydrogen-bond acceptors (Lipinski definition) is 5. The predicted octanol–water partition coefficient (Wildman–Crippen LogP) is 6.98. The number of aliphatic imine (C=N–C) groups is 1. The number of amidine groups is 1. The van der Waals surface area contributed by atoms with Crippen molar-refractivity contribution in [3.8, 4) is 16.9 Å². The maximum absolute atomic E-state index is 5.28. The van der Waals surface area contributed by atoms with Gasteiger partial charge in [0.05, 0.1) is 23.4 Å². The molecule has 0 radical (unpaired) electrons. The van der Waals surface area contributed by atoms with Crippen LogP contribution in [0.5, 0.6) is 5.75 Å². The highest BCUT2D eigenvalue weighted by Gasteiger charge is 2.19. The number of hydrazone groups is 1. The Morgan fingerprint density at radius 1 is 0.848 bits per heavy atom. The van der Waals surface area contributed by atoms with Crippen molar-refractivity contribution in [3.63, 3.8) is 0 Å². The van der Waals surface area contributed by atoms with Crippen LogP contribution in [0, 0.1) is 0 Å². The van der Waals surface area contributed by atoms with Crippen molar-refractivity contribution in [1.29, 1.82) is 0 Å². The number of methoxy groups -OCH3 is 1. The van der Waals surface area contributed by atoms with Gasteiger partial charge in [-0.25, -0.2) is 4.99 Å². The zero-order valence-electron chi connectivity index (χ0n) is 18.9. The molecule has 0 unspecified atom stereocenters. The monoisotopic (exact) mass is 451 g/mol. The highest BCUT2D eigenvalue weighted by molar-refractivity contribution is 7.12. The Morgan fingerprint density at radius 3 is 2.18 bits per heavy atom. The summed E-state index contributed by atoms with van der Waals surface area (Å²) in [5.41, 5.74) is 10.7. The Labute approximate surface area is 198 Å². The molecule has 5 heteroatoms. The van der Waals surface area contributed by atoms with Gasteiger partial charge >= 0.3 is 0 Å². The molecule has 1 aliphatic rings. The van der Waals surface area contributed by atoms with Gasteiger partial charge in [-0.1, -0.05) is 62.4 Å². The molecule has 0 bridgehead atoms. The van der Waals surface area contributed by atoms with Crippen LogP contribution in [-0.2, 0) is 0 Å². The van der Waals surface area contributed by atoms with Crippen LogP contribution >= 0.6 is 11.3 Å². The lowest BCUT2D eigenvalue weighted by Crippen LogP contribution is -2.18. The fourth-order valence-electron chi connectivity index (χ4n) is 3.86. The van der Waals surface area contributed by atoms with E-state index in [1.165, 1.54) is 5.56 Å². The summed E-state index contributed by atoms with van der Waals surface area (Å²) < 4.78 is 5.28. The second-order valence-corrected chi connectivity index (χ2v) is 9.19. The first-order valence-corrected chi connectivity index (χ1v) is 11.9. The van der Waals surface area contributed by atoms with Crippen molar-refractivity contribution in [3.05, 3.63) is 106 Å². The van der Waals surface area contributed by atoms with E-state index in [1.54, 1.807) is 18.4 Å². The molecule has 1 aromatic heterocycles. The third kappa shape index (κ3) is 4.32. The van der Waals surface area contributed by atoms with E-state index in [2.05, 4.69) is 85.3 Å². The average Bonchev–Trinajstić information content (AvgIpc) is 3.32. The van der Waals surface area contributed by atoms with E-state index in [9.17, 15) is 0 Å². The number of nitrogens with zero attached hydrogens (tertiary/aromatic N) is 2. The van der Waals surface area contributed by atoms with E-state index in [4.69, 9.17) is 14.8 Å². The van der Waals surface area contributed by atoms with Crippen molar-refractivity contribution < 1.29 is 4.74 Å². The van der Waals surface area contributed by atoms with Crippen molar-refractivity contribution in [2.75, 3.05) is 7.11 Å². The van der Waals surface area contributed by atoms with Gasteiger partial charge in [0.2, 0.25) is 0 Å². The summed E-state index contributed by atoms with van der Waals surface area (Å²) >= 11 is 1.65. The second kappa shape index (κ2) is 9.04. The number of fused-ring (bicyclic) bond motifs is 1. The molecular weight excluding hydrogens is 426 g/mol. The lowest BCUT2D eigenvalue weighted by atomic mass is 9.94. The quantitative estimate of drug-likeness (QED) is 0.356. The molecule has 3 aromatic carbocycles. The van der Waals surface area contributed by atoms with Gasteiger partial charge in [-0.15, -0.1) is 11.3 Å². The van der Waals surface area contributed by atoms with E-state index >= 15 is 0 Å². The third-order valence-corrected chi connectivity index (χ3v) is 6.66. The number of ether oxygens (including phenoxy) is 1. The molecule has 0 aliphatic carbocycles. The largest absolute Gasteiger partial charge is 0.497 e. The molecule has 4 aromatic rings. The van der Waals surface area contributed by atoms with E-state index in [0.717, 1.165) is 50.1 Å². The van der Waals surface area contributed by atoms with Crippen molar-refractivity contribution in [2.24, 2.45) is 10.1 Å². The topological polar surface area (TPSA) is 46.0 Å². The van der Waals surface area contributed by atoms with Crippen molar-refractivity contribution in [1.82, 2.24) is 5.43 Å². The summed E-state index contributed by atoms with van der Waals surface area (Å²) in [6.45, 7) is 4.41. The van der Waals surface area contributed by atoms with Crippen molar-refractivity contribution in [2.45, 2.75) is 19.8 Å². The zero-order chi connectivity index (χ0) is 22.8. The van der Waals surface area contributed by atoms with Gasteiger partial charge in [0, 0.05) is 11.1 Å². The summed E-state index contributed by atoms with van der Waals surface area (Å²) in [7, 11) is 1.68. The summed E-state index contributed by atoms with van der Waals surface area (Å²) in [6, 6.07) is 27.2. The van der Waals surface area contributed by atoms with Gasteiger partial charge in [0.25, 0.3) is 0 Å². The molecule has 0 saturated carbocycles. The first kappa shape index (κ1) is 21.2. The van der Waals surface area contributed by atoms with E-state index in [1.807, 2.05) is 18.2 Å². The lowest BCUT2D eigenvalue weighted by molar-refractivity contribution is 0.415. The van der Waals surface area contributed by atoms with Gasteiger partial charge in [0.15, 0.2) is 5.84 Å². The normalized spacial score (nSPS) is 13.0. The maximum Gasteiger partial charge on any atom is 0.164 e. The molecule has 164 valence electrons. The first-order valence-electron chi connectivity index (χ1n) is 11.0. The number of benzene rings is 3. The summed E-state index contributed by atoms with van der Waals surface area (Å²) in [4.78, 5) is 5.99. The van der Waals surface area contributed by atoms with Crippen LogP contribution in [0.25, 0.3) is 11.1 Å². The minimum atomic E-state index is 0.422. The Morgan fingerprint density at radius 2 is 1.55 bits per heavy atom. The Balaban J connectivity index is 1.55.